The summed E-state index contributed by atoms with van der Waals surface area (Å²) in [7, 11) is 0.349. The van der Waals surface area contributed by atoms with Crippen molar-refractivity contribution in [2.45, 2.75) is 58.3 Å². The van der Waals surface area contributed by atoms with Crippen LogP contribution < -0.4 is 5.32 Å². The van der Waals surface area contributed by atoms with Crippen molar-refractivity contribution < 1.29 is 14.9 Å². The second-order valence-corrected chi connectivity index (χ2v) is 7.61. The van der Waals surface area contributed by atoms with Crippen LogP contribution in [0.15, 0.2) is 35.5 Å². The number of allylic oxidation sites excluding steroid dienone is 5. The first-order valence-electron chi connectivity index (χ1n) is 7.81. The molecule has 1 aliphatic rings. The van der Waals surface area contributed by atoms with Gasteiger partial charge in [-0.25, -0.2) is 0 Å². The summed E-state index contributed by atoms with van der Waals surface area (Å²) in [5.74, 6) is 0. The van der Waals surface area contributed by atoms with E-state index in [4.69, 9.17) is 10.1 Å². The maximum Gasteiger partial charge on any atom is 0.309 e. The van der Waals surface area contributed by atoms with Gasteiger partial charge in [-0.05, 0) is 47.6 Å². The first-order valence-corrected chi connectivity index (χ1v) is 7.81. The molecule has 0 amide bonds. The minimum atomic E-state index is -0.954. The van der Waals surface area contributed by atoms with Gasteiger partial charge in [-0.2, -0.15) is 0 Å². The summed E-state index contributed by atoms with van der Waals surface area (Å²) in [5.41, 5.74) is -0.0295. The summed E-state index contributed by atoms with van der Waals surface area (Å²) in [6.45, 7) is 10.9. The molecule has 128 valence electrons. The van der Waals surface area contributed by atoms with E-state index in [1.165, 1.54) is 0 Å². The maximum absolute atomic E-state index is 10.1. The Morgan fingerprint density at radius 2 is 1.83 bits per heavy atom. The van der Waals surface area contributed by atoms with E-state index in [1.54, 1.807) is 26.1 Å². The molecule has 0 saturated heterocycles. The van der Waals surface area contributed by atoms with Gasteiger partial charge >= 0.3 is 7.48 Å². The topological polar surface area (TPSA) is 85.6 Å². The molecular formula is C17H29BN2O3. The molecule has 1 aliphatic carbocycles. The van der Waals surface area contributed by atoms with E-state index >= 15 is 0 Å². The summed E-state index contributed by atoms with van der Waals surface area (Å²) in [6.07, 6.45) is 7.18. The molecule has 0 saturated carbocycles. The molecule has 0 aromatic carbocycles. The monoisotopic (exact) mass is 320 g/mol. The highest BCUT2D eigenvalue weighted by atomic mass is 16.5. The highest BCUT2D eigenvalue weighted by Gasteiger charge is 2.35. The van der Waals surface area contributed by atoms with Gasteiger partial charge in [0.15, 0.2) is 0 Å². The maximum atomic E-state index is 10.1. The van der Waals surface area contributed by atoms with Crippen LogP contribution in [0.4, 0.5) is 0 Å². The highest BCUT2D eigenvalue weighted by Crippen LogP contribution is 2.25. The lowest BCUT2D eigenvalue weighted by Crippen LogP contribution is -2.48. The van der Waals surface area contributed by atoms with Crippen LogP contribution in [0.25, 0.3) is 0 Å². The Bertz CT molecular complexity index is 541. The van der Waals surface area contributed by atoms with Gasteiger partial charge in [0, 0.05) is 11.8 Å². The van der Waals surface area contributed by atoms with Crippen LogP contribution in [0.5, 0.6) is 0 Å². The molecule has 23 heavy (non-hydrogen) atoms. The average molecular weight is 320 g/mol. The molecule has 0 spiro atoms. The molecule has 0 heterocycles. The summed E-state index contributed by atoms with van der Waals surface area (Å²) in [4.78, 5) is 0. The Kier molecular flexibility index (Phi) is 6.02. The average Bonchev–Trinajstić information content (AvgIpc) is 2.44. The highest BCUT2D eigenvalue weighted by molar-refractivity contribution is 6.40. The lowest BCUT2D eigenvalue weighted by Gasteiger charge is -2.37. The number of hydrogen-bond acceptors (Lipinski definition) is 5. The fourth-order valence-electron chi connectivity index (χ4n) is 1.58. The van der Waals surface area contributed by atoms with Crippen molar-refractivity contribution in [3.05, 3.63) is 35.5 Å². The molecule has 0 aliphatic heterocycles. The Hall–Kier alpha value is -1.37. The van der Waals surface area contributed by atoms with Crippen LogP contribution in [0.1, 0.15) is 41.5 Å². The Morgan fingerprint density at radius 3 is 2.35 bits per heavy atom. The number of aliphatic hydroxyl groups excluding tert-OH is 1. The van der Waals surface area contributed by atoms with Crippen molar-refractivity contribution in [2.24, 2.45) is 0 Å². The van der Waals surface area contributed by atoms with E-state index in [-0.39, 0.29) is 6.61 Å². The zero-order valence-corrected chi connectivity index (χ0v) is 15.0. The van der Waals surface area contributed by atoms with Gasteiger partial charge in [0.2, 0.25) is 0 Å². The first-order chi connectivity index (χ1) is 10.4. The van der Waals surface area contributed by atoms with Crippen LogP contribution in [0.3, 0.4) is 0 Å². The van der Waals surface area contributed by atoms with Gasteiger partial charge in [-0.3, -0.25) is 0 Å². The second-order valence-electron chi connectivity index (χ2n) is 7.61. The summed E-state index contributed by atoms with van der Waals surface area (Å²) in [5, 5.41) is 30.5. The standard InChI is InChI=1S/C17H29BN2O3/c1-15(2,11-21)20-10-12-9-13(7-8-14(12)19)18-23-17(5,6)16(3,4)22/h7-10,18-22H,11H2,1-6H3/b12-10-,19-14?. The Labute approximate surface area is 139 Å². The molecule has 0 radical (unpaired) electrons. The van der Waals surface area contributed by atoms with Crippen molar-refractivity contribution in [3.63, 3.8) is 0 Å². The largest absolute Gasteiger partial charge is 0.427 e. The zero-order chi connectivity index (χ0) is 17.9. The van der Waals surface area contributed by atoms with Gasteiger partial charge in [0.25, 0.3) is 0 Å². The van der Waals surface area contributed by atoms with Crippen molar-refractivity contribution in [1.82, 2.24) is 5.32 Å². The fourth-order valence-corrected chi connectivity index (χ4v) is 1.58. The lowest BCUT2D eigenvalue weighted by molar-refractivity contribution is -0.0896. The predicted molar refractivity (Wildman–Crippen MR) is 95.9 cm³/mol. The number of rotatable bonds is 7. The first kappa shape index (κ1) is 19.7. The van der Waals surface area contributed by atoms with Crippen LogP contribution in [-0.2, 0) is 4.65 Å². The van der Waals surface area contributed by atoms with Gasteiger partial charge < -0.3 is 25.6 Å². The smallest absolute Gasteiger partial charge is 0.309 e. The molecule has 0 aromatic heterocycles. The molecule has 5 nitrogen and oxygen atoms in total. The molecule has 0 unspecified atom stereocenters. The van der Waals surface area contributed by atoms with Gasteiger partial charge in [0.1, 0.15) is 0 Å². The predicted octanol–water partition coefficient (Wildman–Crippen LogP) is 1.62. The lowest BCUT2D eigenvalue weighted by atomic mass is 9.79. The van der Waals surface area contributed by atoms with Crippen molar-refractivity contribution in [3.8, 4) is 0 Å². The molecule has 4 N–H and O–H groups in total. The van der Waals surface area contributed by atoms with Crippen LogP contribution in [0, 0.1) is 5.41 Å². The van der Waals surface area contributed by atoms with Crippen LogP contribution in [0.2, 0.25) is 0 Å². The van der Waals surface area contributed by atoms with E-state index in [1.807, 2.05) is 39.8 Å². The van der Waals surface area contributed by atoms with Gasteiger partial charge in [-0.1, -0.05) is 17.6 Å². The normalized spacial score (nSPS) is 18.2. The zero-order valence-electron chi connectivity index (χ0n) is 15.0. The molecule has 6 heteroatoms. The summed E-state index contributed by atoms with van der Waals surface area (Å²) < 4.78 is 5.86. The van der Waals surface area contributed by atoms with Gasteiger partial charge in [-0.15, -0.1) is 0 Å². The molecule has 0 fully saturated rings. The molecule has 0 aromatic rings. The van der Waals surface area contributed by atoms with Crippen molar-refractivity contribution >= 4 is 13.2 Å². The number of nitrogens with one attached hydrogen (secondary N) is 2. The quantitative estimate of drug-likeness (QED) is 0.537. The molecule has 0 atom stereocenters. The van der Waals surface area contributed by atoms with Crippen LogP contribution in [-0.4, -0.2) is 46.8 Å². The summed E-state index contributed by atoms with van der Waals surface area (Å²) in [6, 6.07) is 0. The minimum absolute atomic E-state index is 0.000588. The minimum Gasteiger partial charge on any atom is -0.427 e. The third-order valence-electron chi connectivity index (χ3n) is 4.20. The third kappa shape index (κ3) is 5.64. The van der Waals surface area contributed by atoms with E-state index in [0.29, 0.717) is 13.2 Å². The summed E-state index contributed by atoms with van der Waals surface area (Å²) >= 11 is 0. The van der Waals surface area contributed by atoms with E-state index in [9.17, 15) is 10.2 Å². The SMILES string of the molecule is CC(C)(CO)N/C=C1/C=C(BOC(C)(C)C(C)(C)O)C=CC1=N. The molecule has 0 bridgehead atoms. The van der Waals surface area contributed by atoms with Crippen molar-refractivity contribution in [1.29, 1.82) is 5.41 Å². The number of aliphatic hydroxyl groups is 2. The van der Waals surface area contributed by atoms with Gasteiger partial charge in [0.05, 0.1) is 29.1 Å². The Morgan fingerprint density at radius 1 is 1.22 bits per heavy atom. The van der Waals surface area contributed by atoms with E-state index in [2.05, 4.69) is 5.32 Å². The third-order valence-corrected chi connectivity index (χ3v) is 4.20. The molecule has 1 rings (SSSR count). The van der Waals surface area contributed by atoms with Crippen molar-refractivity contribution in [2.75, 3.05) is 6.61 Å². The van der Waals surface area contributed by atoms with E-state index < -0.39 is 16.7 Å². The van der Waals surface area contributed by atoms with Crippen LogP contribution >= 0.6 is 0 Å². The van der Waals surface area contributed by atoms with E-state index in [0.717, 1.165) is 11.0 Å². The molecular weight excluding hydrogens is 291 g/mol. The second kappa shape index (κ2) is 7.03. The Balaban J connectivity index is 2.81. The fraction of sp³-hybridized carbons (Fsp3) is 0.588. The number of hydrogen-bond donors (Lipinski definition) is 4.